The number of pyridine rings is 1. The summed E-state index contributed by atoms with van der Waals surface area (Å²) in [7, 11) is 0. The Morgan fingerprint density at radius 1 is 1.20 bits per heavy atom. The van der Waals surface area contributed by atoms with Gasteiger partial charge in [-0.15, -0.1) is 11.3 Å². The van der Waals surface area contributed by atoms with E-state index in [4.69, 9.17) is 4.42 Å². The third kappa shape index (κ3) is 3.31. The molecule has 3 heterocycles. The van der Waals surface area contributed by atoms with Gasteiger partial charge in [0, 0.05) is 31.1 Å². The molecule has 0 aromatic carbocycles. The van der Waals surface area contributed by atoms with Crippen molar-refractivity contribution in [2.45, 2.75) is 13.0 Å². The molecule has 4 nitrogen and oxygen atoms in total. The van der Waals surface area contributed by atoms with Gasteiger partial charge in [0.1, 0.15) is 10.8 Å². The lowest BCUT2D eigenvalue weighted by Crippen LogP contribution is -2.16. The summed E-state index contributed by atoms with van der Waals surface area (Å²) in [6.45, 7) is 1.65. The molecule has 0 bridgehead atoms. The summed E-state index contributed by atoms with van der Waals surface area (Å²) >= 11 is 1.63. The summed E-state index contributed by atoms with van der Waals surface area (Å²) in [4.78, 5) is 8.89. The lowest BCUT2D eigenvalue weighted by molar-refractivity contribution is 0.498. The third-order valence-corrected chi connectivity index (χ3v) is 3.78. The second-order valence-electron chi connectivity index (χ2n) is 4.37. The Balaban J connectivity index is 1.50. The van der Waals surface area contributed by atoms with Gasteiger partial charge in [0.15, 0.2) is 0 Å². The highest BCUT2D eigenvalue weighted by atomic mass is 32.1. The van der Waals surface area contributed by atoms with Crippen LogP contribution in [-0.2, 0) is 13.0 Å². The van der Waals surface area contributed by atoms with Gasteiger partial charge >= 0.3 is 0 Å². The zero-order valence-electron chi connectivity index (χ0n) is 11.0. The molecular formula is C15H15N3OS. The maximum absolute atomic E-state index is 5.29. The molecule has 0 radical (unpaired) electrons. The first-order valence-corrected chi connectivity index (χ1v) is 7.39. The van der Waals surface area contributed by atoms with E-state index in [1.54, 1.807) is 23.8 Å². The Morgan fingerprint density at radius 2 is 2.20 bits per heavy atom. The van der Waals surface area contributed by atoms with Crippen molar-refractivity contribution in [3.63, 3.8) is 0 Å². The zero-order chi connectivity index (χ0) is 13.6. The van der Waals surface area contributed by atoms with E-state index < -0.39 is 0 Å². The Morgan fingerprint density at radius 3 is 3.00 bits per heavy atom. The normalized spacial score (nSPS) is 10.8. The molecule has 0 saturated carbocycles. The Bertz CT molecular complexity index is 634. The van der Waals surface area contributed by atoms with Crippen molar-refractivity contribution in [3.8, 4) is 10.7 Å². The second kappa shape index (κ2) is 6.45. The molecule has 102 valence electrons. The average molecular weight is 285 g/mol. The van der Waals surface area contributed by atoms with Crippen molar-refractivity contribution in [1.82, 2.24) is 15.3 Å². The molecule has 0 aliphatic heterocycles. The van der Waals surface area contributed by atoms with Crippen LogP contribution in [0.1, 0.15) is 11.5 Å². The van der Waals surface area contributed by atoms with Crippen LogP contribution >= 0.6 is 11.3 Å². The lowest BCUT2D eigenvalue weighted by atomic mass is 10.3. The van der Waals surface area contributed by atoms with Crippen LogP contribution in [0.15, 0.2) is 52.6 Å². The largest absolute Gasteiger partial charge is 0.469 e. The summed E-state index contributed by atoms with van der Waals surface area (Å²) in [6.07, 6.45) is 4.39. The van der Waals surface area contributed by atoms with Gasteiger partial charge in [-0.05, 0) is 24.3 Å². The highest BCUT2D eigenvalue weighted by molar-refractivity contribution is 7.13. The molecule has 1 N–H and O–H groups in total. The predicted octanol–water partition coefficient (Wildman–Crippen LogP) is 3.13. The minimum Gasteiger partial charge on any atom is -0.469 e. The number of furan rings is 1. The van der Waals surface area contributed by atoms with Crippen molar-refractivity contribution in [2.24, 2.45) is 0 Å². The fraction of sp³-hybridized carbons (Fsp3) is 0.200. The van der Waals surface area contributed by atoms with Crippen LogP contribution < -0.4 is 5.32 Å². The molecular weight excluding hydrogens is 270 g/mol. The van der Waals surface area contributed by atoms with Crippen molar-refractivity contribution in [2.75, 3.05) is 6.54 Å². The van der Waals surface area contributed by atoms with Gasteiger partial charge in [-0.2, -0.15) is 0 Å². The molecule has 0 unspecified atom stereocenters. The molecule has 0 atom stereocenters. The van der Waals surface area contributed by atoms with E-state index in [9.17, 15) is 0 Å². The van der Waals surface area contributed by atoms with Gasteiger partial charge in [-0.3, -0.25) is 4.98 Å². The number of hydrogen-bond acceptors (Lipinski definition) is 5. The van der Waals surface area contributed by atoms with E-state index in [0.717, 1.165) is 41.7 Å². The number of nitrogens with one attached hydrogen (secondary N) is 1. The SMILES string of the molecule is c1ccc(-c2nc(CNCCc3ccco3)cs2)nc1. The van der Waals surface area contributed by atoms with Crippen LogP contribution in [0.25, 0.3) is 10.7 Å². The van der Waals surface area contributed by atoms with E-state index in [-0.39, 0.29) is 0 Å². The van der Waals surface area contributed by atoms with E-state index in [1.807, 2.05) is 30.3 Å². The van der Waals surface area contributed by atoms with Crippen molar-refractivity contribution in [1.29, 1.82) is 0 Å². The highest BCUT2D eigenvalue weighted by Gasteiger charge is 2.05. The zero-order valence-corrected chi connectivity index (χ0v) is 11.8. The number of thiazole rings is 1. The van der Waals surface area contributed by atoms with E-state index >= 15 is 0 Å². The first kappa shape index (κ1) is 13.0. The smallest absolute Gasteiger partial charge is 0.142 e. The van der Waals surface area contributed by atoms with Gasteiger partial charge in [0.2, 0.25) is 0 Å². The van der Waals surface area contributed by atoms with Crippen LogP contribution in [0.4, 0.5) is 0 Å². The van der Waals surface area contributed by atoms with Gasteiger partial charge < -0.3 is 9.73 Å². The Hall–Kier alpha value is -1.98. The number of rotatable bonds is 6. The van der Waals surface area contributed by atoms with Gasteiger partial charge in [0.05, 0.1) is 17.7 Å². The molecule has 0 fully saturated rings. The standard InChI is InChI=1S/C15H15N3OS/c1-2-7-17-14(5-1)15-18-12(11-20-15)10-16-8-6-13-4-3-9-19-13/h1-5,7,9,11,16H,6,8,10H2. The first-order valence-electron chi connectivity index (χ1n) is 6.51. The van der Waals surface area contributed by atoms with Crippen LogP contribution in [0.5, 0.6) is 0 Å². The van der Waals surface area contributed by atoms with Gasteiger partial charge in [0.25, 0.3) is 0 Å². The minimum atomic E-state index is 0.768. The number of hydrogen-bond donors (Lipinski definition) is 1. The fourth-order valence-corrected chi connectivity index (χ4v) is 2.67. The maximum atomic E-state index is 5.29. The molecule has 3 aromatic rings. The monoisotopic (exact) mass is 285 g/mol. The first-order chi connectivity index (χ1) is 9.92. The van der Waals surface area contributed by atoms with Crippen molar-refractivity contribution >= 4 is 11.3 Å². The van der Waals surface area contributed by atoms with E-state index in [0.29, 0.717) is 0 Å². The second-order valence-corrected chi connectivity index (χ2v) is 5.22. The molecule has 3 rings (SSSR count). The lowest BCUT2D eigenvalue weighted by Gasteiger charge is -2.00. The molecule has 20 heavy (non-hydrogen) atoms. The summed E-state index contributed by atoms with van der Waals surface area (Å²) < 4.78 is 5.29. The predicted molar refractivity (Wildman–Crippen MR) is 79.5 cm³/mol. The van der Waals surface area contributed by atoms with E-state index in [2.05, 4.69) is 20.7 Å². The molecule has 0 amide bonds. The minimum absolute atomic E-state index is 0.768. The number of nitrogens with zero attached hydrogens (tertiary/aromatic N) is 2. The van der Waals surface area contributed by atoms with Gasteiger partial charge in [-0.1, -0.05) is 6.07 Å². The molecule has 0 aliphatic carbocycles. The van der Waals surface area contributed by atoms with Crippen molar-refractivity contribution < 1.29 is 4.42 Å². The molecule has 0 saturated heterocycles. The average Bonchev–Trinajstić information content (AvgIpc) is 3.16. The van der Waals surface area contributed by atoms with Crippen molar-refractivity contribution in [3.05, 3.63) is 59.6 Å². The molecule has 3 aromatic heterocycles. The van der Waals surface area contributed by atoms with Crippen LogP contribution in [0.2, 0.25) is 0 Å². The number of aromatic nitrogens is 2. The summed E-state index contributed by atoms with van der Waals surface area (Å²) in [5, 5.41) is 6.41. The maximum Gasteiger partial charge on any atom is 0.142 e. The third-order valence-electron chi connectivity index (χ3n) is 2.87. The summed E-state index contributed by atoms with van der Waals surface area (Å²) in [5.74, 6) is 1.00. The van der Waals surface area contributed by atoms with E-state index in [1.165, 1.54) is 0 Å². The Labute approximate surface area is 121 Å². The summed E-state index contributed by atoms with van der Waals surface area (Å²) in [6, 6.07) is 9.77. The quantitative estimate of drug-likeness (QED) is 0.707. The summed E-state index contributed by atoms with van der Waals surface area (Å²) in [5.41, 5.74) is 1.98. The Kier molecular flexibility index (Phi) is 4.20. The van der Waals surface area contributed by atoms with Crippen LogP contribution in [0, 0.1) is 0 Å². The molecule has 0 spiro atoms. The van der Waals surface area contributed by atoms with Crippen LogP contribution in [-0.4, -0.2) is 16.5 Å². The fourth-order valence-electron chi connectivity index (χ4n) is 1.88. The van der Waals surface area contributed by atoms with Crippen LogP contribution in [0.3, 0.4) is 0 Å². The van der Waals surface area contributed by atoms with Gasteiger partial charge in [-0.25, -0.2) is 4.98 Å². The molecule has 5 heteroatoms. The highest BCUT2D eigenvalue weighted by Crippen LogP contribution is 2.21. The topological polar surface area (TPSA) is 51.0 Å². The molecule has 0 aliphatic rings.